The van der Waals surface area contributed by atoms with E-state index in [0.29, 0.717) is 0 Å². The lowest BCUT2D eigenvalue weighted by atomic mass is 10.1. The largest absolute Gasteiger partial charge is 0.369 e. The third kappa shape index (κ3) is 5.52. The molecule has 2 aromatic carbocycles. The zero-order chi connectivity index (χ0) is 21.7. The van der Waals surface area contributed by atoms with Crippen LogP contribution >= 0.6 is 11.6 Å². The van der Waals surface area contributed by atoms with E-state index in [4.69, 9.17) is 11.6 Å². The topological polar surface area (TPSA) is 64.7 Å². The quantitative estimate of drug-likeness (QED) is 0.741. The van der Waals surface area contributed by atoms with Gasteiger partial charge >= 0.3 is 0 Å². The van der Waals surface area contributed by atoms with E-state index < -0.39 is 0 Å². The summed E-state index contributed by atoms with van der Waals surface area (Å²) in [7, 11) is 0. The molecule has 6 nitrogen and oxygen atoms in total. The van der Waals surface area contributed by atoms with E-state index in [1.807, 2.05) is 63.2 Å². The number of carbonyl (C=O) groups is 2. The van der Waals surface area contributed by atoms with Crippen LogP contribution in [-0.2, 0) is 9.59 Å². The molecule has 0 bridgehead atoms. The van der Waals surface area contributed by atoms with E-state index >= 15 is 0 Å². The fraction of sp³-hybridized carbons (Fsp3) is 0.391. The molecule has 160 valence electrons. The second-order valence-electron chi connectivity index (χ2n) is 7.71. The second-order valence-corrected chi connectivity index (χ2v) is 8.15. The Morgan fingerprint density at radius 2 is 1.67 bits per heavy atom. The number of halogens is 1. The molecule has 2 N–H and O–H groups in total. The third-order valence-corrected chi connectivity index (χ3v) is 5.82. The summed E-state index contributed by atoms with van der Waals surface area (Å²) in [6.07, 6.45) is 0. The van der Waals surface area contributed by atoms with Crippen molar-refractivity contribution in [2.24, 2.45) is 0 Å². The minimum atomic E-state index is -0.292. The lowest BCUT2D eigenvalue weighted by Crippen LogP contribution is -2.54. The Morgan fingerprint density at radius 1 is 1.03 bits per heavy atom. The molecule has 30 heavy (non-hydrogen) atoms. The fourth-order valence-corrected chi connectivity index (χ4v) is 3.90. The van der Waals surface area contributed by atoms with E-state index in [0.717, 1.165) is 53.7 Å². The van der Waals surface area contributed by atoms with Gasteiger partial charge in [-0.15, -0.1) is 0 Å². The number of hydrogen-bond donors (Lipinski definition) is 2. The van der Waals surface area contributed by atoms with Crippen LogP contribution < -0.4 is 15.5 Å². The maximum Gasteiger partial charge on any atom is 0.243 e. The molecule has 1 saturated heterocycles. The maximum absolute atomic E-state index is 12.6. The first-order chi connectivity index (χ1) is 14.3. The summed E-state index contributed by atoms with van der Waals surface area (Å²) in [5.41, 5.74) is 3.91. The number of piperazine rings is 1. The molecular weight excluding hydrogens is 400 g/mol. The molecule has 7 heteroatoms. The Hall–Kier alpha value is -2.57. The predicted molar refractivity (Wildman–Crippen MR) is 122 cm³/mol. The summed E-state index contributed by atoms with van der Waals surface area (Å²) >= 11 is 6.09. The number of hydrogen-bond acceptors (Lipinski definition) is 4. The number of anilines is 2. The third-order valence-electron chi connectivity index (χ3n) is 5.58. The van der Waals surface area contributed by atoms with Crippen molar-refractivity contribution in [1.82, 2.24) is 10.2 Å². The Morgan fingerprint density at radius 3 is 2.30 bits per heavy atom. The average molecular weight is 429 g/mol. The molecule has 0 radical (unpaired) electrons. The van der Waals surface area contributed by atoms with Gasteiger partial charge in [0.15, 0.2) is 0 Å². The zero-order valence-corrected chi connectivity index (χ0v) is 18.5. The van der Waals surface area contributed by atoms with Crippen molar-refractivity contribution in [3.8, 4) is 0 Å². The van der Waals surface area contributed by atoms with E-state index in [2.05, 4.69) is 20.4 Å². The van der Waals surface area contributed by atoms with Gasteiger partial charge < -0.3 is 15.5 Å². The molecule has 1 aliphatic rings. The Balaban J connectivity index is 1.46. The van der Waals surface area contributed by atoms with Crippen LogP contribution in [0.15, 0.2) is 42.5 Å². The van der Waals surface area contributed by atoms with Crippen LogP contribution in [0.4, 0.5) is 11.4 Å². The van der Waals surface area contributed by atoms with Crippen molar-refractivity contribution < 1.29 is 9.59 Å². The van der Waals surface area contributed by atoms with Gasteiger partial charge in [0, 0.05) is 42.6 Å². The van der Waals surface area contributed by atoms with E-state index in [1.54, 1.807) is 0 Å². The minimum absolute atomic E-state index is 0.0422. The van der Waals surface area contributed by atoms with Gasteiger partial charge in [-0.2, -0.15) is 0 Å². The fourth-order valence-electron chi connectivity index (χ4n) is 3.72. The van der Waals surface area contributed by atoms with Crippen molar-refractivity contribution in [2.75, 3.05) is 42.9 Å². The van der Waals surface area contributed by atoms with Crippen molar-refractivity contribution in [2.45, 2.75) is 26.8 Å². The van der Waals surface area contributed by atoms with Crippen LogP contribution in [0.5, 0.6) is 0 Å². The van der Waals surface area contributed by atoms with Gasteiger partial charge in [0.05, 0.1) is 12.6 Å². The molecule has 0 aliphatic carbocycles. The number of rotatable bonds is 6. The molecule has 2 amide bonds. The normalized spacial score (nSPS) is 15.5. The first-order valence-corrected chi connectivity index (χ1v) is 10.6. The van der Waals surface area contributed by atoms with Crippen LogP contribution in [0.2, 0.25) is 5.02 Å². The van der Waals surface area contributed by atoms with E-state index in [1.165, 1.54) is 0 Å². The molecule has 3 rings (SSSR count). The molecule has 0 aromatic heterocycles. The zero-order valence-electron chi connectivity index (χ0n) is 17.7. The molecule has 0 unspecified atom stereocenters. The van der Waals surface area contributed by atoms with Crippen LogP contribution in [0, 0.1) is 13.8 Å². The smallest absolute Gasteiger partial charge is 0.243 e. The Labute approximate surface area is 183 Å². The average Bonchev–Trinajstić information content (AvgIpc) is 2.74. The Bertz CT molecular complexity index is 890. The van der Waals surface area contributed by atoms with Crippen molar-refractivity contribution in [3.63, 3.8) is 0 Å². The van der Waals surface area contributed by atoms with Crippen LogP contribution in [-0.4, -0.2) is 55.5 Å². The highest BCUT2D eigenvalue weighted by atomic mass is 35.5. The monoisotopic (exact) mass is 428 g/mol. The highest BCUT2D eigenvalue weighted by molar-refractivity contribution is 6.30. The second kappa shape index (κ2) is 9.96. The summed E-state index contributed by atoms with van der Waals surface area (Å²) in [6.45, 7) is 8.94. The predicted octanol–water partition coefficient (Wildman–Crippen LogP) is 3.22. The molecule has 2 aromatic rings. The van der Waals surface area contributed by atoms with Gasteiger partial charge in [-0.25, -0.2) is 0 Å². The molecule has 1 atom stereocenters. The van der Waals surface area contributed by atoms with Crippen molar-refractivity contribution >= 4 is 34.8 Å². The number of para-hydroxylation sites is 1. The van der Waals surface area contributed by atoms with E-state index in [9.17, 15) is 9.59 Å². The van der Waals surface area contributed by atoms with Gasteiger partial charge in [-0.1, -0.05) is 35.9 Å². The number of amides is 2. The number of aryl methyl sites for hydroxylation is 2. The first kappa shape index (κ1) is 22.1. The van der Waals surface area contributed by atoms with Crippen molar-refractivity contribution in [3.05, 3.63) is 58.6 Å². The van der Waals surface area contributed by atoms with Crippen LogP contribution in [0.25, 0.3) is 0 Å². The summed E-state index contributed by atoms with van der Waals surface area (Å²) in [6, 6.07) is 13.4. The maximum atomic E-state index is 12.6. The first-order valence-electron chi connectivity index (χ1n) is 10.2. The van der Waals surface area contributed by atoms with Crippen LogP contribution in [0.1, 0.15) is 18.1 Å². The highest BCUT2D eigenvalue weighted by Crippen LogP contribution is 2.21. The number of benzene rings is 2. The minimum Gasteiger partial charge on any atom is -0.369 e. The van der Waals surface area contributed by atoms with Gasteiger partial charge in [-0.3, -0.25) is 14.5 Å². The van der Waals surface area contributed by atoms with Gasteiger partial charge in [0.1, 0.15) is 0 Å². The molecule has 0 spiro atoms. The van der Waals surface area contributed by atoms with Crippen LogP contribution in [0.3, 0.4) is 0 Å². The molecule has 1 aliphatic heterocycles. The summed E-state index contributed by atoms with van der Waals surface area (Å²) in [4.78, 5) is 29.3. The van der Waals surface area contributed by atoms with Gasteiger partial charge in [-0.05, 0) is 50.1 Å². The van der Waals surface area contributed by atoms with Gasteiger partial charge in [0.25, 0.3) is 0 Å². The molecule has 0 saturated carbocycles. The summed E-state index contributed by atoms with van der Waals surface area (Å²) in [5.74, 6) is -0.360. The SMILES string of the molecule is Cc1cccc(C)c1NC(=O)CNC(=O)[C@H](C)N1CCN(c2cccc(Cl)c2)CC1. The number of nitrogens with one attached hydrogen (secondary N) is 2. The Kier molecular flexibility index (Phi) is 7.34. The highest BCUT2D eigenvalue weighted by Gasteiger charge is 2.26. The van der Waals surface area contributed by atoms with Crippen molar-refractivity contribution in [1.29, 1.82) is 0 Å². The molecule has 1 heterocycles. The molecular formula is C23H29ClN4O2. The lowest BCUT2D eigenvalue weighted by Gasteiger charge is -2.38. The summed E-state index contributed by atoms with van der Waals surface area (Å²) in [5, 5.41) is 6.39. The summed E-state index contributed by atoms with van der Waals surface area (Å²) < 4.78 is 0. The standard InChI is InChI=1S/C23H29ClN4O2/c1-16-6-4-7-17(2)22(16)26-21(29)15-25-23(30)18(3)27-10-12-28(13-11-27)20-9-5-8-19(24)14-20/h4-9,14,18H,10-13,15H2,1-3H3,(H,25,30)(H,26,29)/t18-/m0/s1. The molecule has 1 fully saturated rings. The van der Waals surface area contributed by atoms with E-state index in [-0.39, 0.29) is 24.4 Å². The lowest BCUT2D eigenvalue weighted by molar-refractivity contribution is -0.128. The van der Waals surface area contributed by atoms with Gasteiger partial charge in [0.2, 0.25) is 11.8 Å². The number of carbonyl (C=O) groups excluding carboxylic acids is 2. The number of nitrogens with zero attached hydrogens (tertiary/aromatic N) is 2.